The minimum absolute atomic E-state index is 0.174. The maximum Gasteiger partial charge on any atom is 0.322 e. The van der Waals surface area contributed by atoms with Crippen LogP contribution in [0.3, 0.4) is 0 Å². The van der Waals surface area contributed by atoms with Crippen molar-refractivity contribution in [1.82, 2.24) is 4.90 Å². The molecule has 0 aliphatic rings. The van der Waals surface area contributed by atoms with Crippen LogP contribution in [0.25, 0.3) is 0 Å². The third-order valence-corrected chi connectivity index (χ3v) is 2.43. The number of rotatable bonds is 6. The first-order valence-electron chi connectivity index (χ1n) is 4.77. The Kier molecular flexibility index (Phi) is 5.66. The lowest BCUT2D eigenvalue weighted by molar-refractivity contribution is -0.143. The fourth-order valence-corrected chi connectivity index (χ4v) is 1.45. The fourth-order valence-electron chi connectivity index (χ4n) is 1.45. The van der Waals surface area contributed by atoms with Crippen LogP contribution in [0.15, 0.2) is 0 Å². The molecule has 0 saturated carbocycles. The normalized spacial score (nSPS) is 15.8. The van der Waals surface area contributed by atoms with Crippen LogP contribution in [0.5, 0.6) is 0 Å². The molecular formula is C9H20N2O2. The highest BCUT2D eigenvalue weighted by Crippen LogP contribution is 2.07. The van der Waals surface area contributed by atoms with Crippen LogP contribution in [-0.2, 0) is 4.79 Å². The molecule has 0 spiro atoms. The van der Waals surface area contributed by atoms with E-state index in [1.54, 1.807) is 0 Å². The first-order chi connectivity index (χ1) is 6.08. The number of hydrogen-bond acceptors (Lipinski definition) is 3. The van der Waals surface area contributed by atoms with Crippen molar-refractivity contribution in [1.29, 1.82) is 0 Å². The average molecular weight is 188 g/mol. The number of carboxylic acid groups (broad SMARTS) is 1. The molecule has 4 nitrogen and oxygen atoms in total. The van der Waals surface area contributed by atoms with Gasteiger partial charge in [0, 0.05) is 12.6 Å². The van der Waals surface area contributed by atoms with E-state index < -0.39 is 12.0 Å². The van der Waals surface area contributed by atoms with Crippen LogP contribution in [-0.4, -0.2) is 41.1 Å². The van der Waals surface area contributed by atoms with Crippen LogP contribution in [0.1, 0.15) is 27.2 Å². The summed E-state index contributed by atoms with van der Waals surface area (Å²) in [6.45, 7) is 6.92. The molecule has 2 atom stereocenters. The monoisotopic (exact) mass is 188 g/mol. The van der Waals surface area contributed by atoms with Gasteiger partial charge in [-0.15, -0.1) is 0 Å². The summed E-state index contributed by atoms with van der Waals surface area (Å²) >= 11 is 0. The molecule has 0 bridgehead atoms. The molecule has 2 unspecified atom stereocenters. The van der Waals surface area contributed by atoms with E-state index in [9.17, 15) is 4.79 Å². The van der Waals surface area contributed by atoms with Gasteiger partial charge in [0.25, 0.3) is 0 Å². The van der Waals surface area contributed by atoms with E-state index in [4.69, 9.17) is 10.8 Å². The molecule has 0 aromatic carbocycles. The molecule has 0 aromatic rings. The van der Waals surface area contributed by atoms with E-state index in [-0.39, 0.29) is 12.6 Å². The van der Waals surface area contributed by atoms with Crippen molar-refractivity contribution < 1.29 is 9.90 Å². The molecular weight excluding hydrogens is 168 g/mol. The van der Waals surface area contributed by atoms with Crippen LogP contribution in [0.2, 0.25) is 0 Å². The molecule has 0 aromatic heterocycles. The zero-order valence-electron chi connectivity index (χ0n) is 8.66. The lowest BCUT2D eigenvalue weighted by Gasteiger charge is -2.31. The Labute approximate surface area is 79.7 Å². The van der Waals surface area contributed by atoms with Crippen LogP contribution >= 0.6 is 0 Å². The molecule has 0 radical (unpaired) electrons. The summed E-state index contributed by atoms with van der Waals surface area (Å²) in [6, 6.07) is -0.269. The van der Waals surface area contributed by atoms with Gasteiger partial charge in [-0.2, -0.15) is 0 Å². The van der Waals surface area contributed by atoms with E-state index in [1.807, 2.05) is 25.7 Å². The molecule has 0 aliphatic heterocycles. The molecule has 4 heteroatoms. The highest BCUT2D eigenvalue weighted by atomic mass is 16.4. The van der Waals surface area contributed by atoms with E-state index in [0.29, 0.717) is 0 Å². The second-order valence-electron chi connectivity index (χ2n) is 3.18. The van der Waals surface area contributed by atoms with Crippen molar-refractivity contribution in [2.24, 2.45) is 5.73 Å². The molecule has 0 fully saturated rings. The van der Waals surface area contributed by atoms with Gasteiger partial charge in [-0.1, -0.05) is 13.8 Å². The Bertz CT molecular complexity index is 162. The second-order valence-corrected chi connectivity index (χ2v) is 3.18. The van der Waals surface area contributed by atoms with Crippen molar-refractivity contribution >= 4 is 5.97 Å². The Morgan fingerprint density at radius 2 is 2.08 bits per heavy atom. The van der Waals surface area contributed by atoms with Crippen molar-refractivity contribution in [3.63, 3.8) is 0 Å². The Balaban J connectivity index is 4.42. The van der Waals surface area contributed by atoms with Crippen molar-refractivity contribution in [3.05, 3.63) is 0 Å². The molecule has 0 saturated heterocycles. The Morgan fingerprint density at radius 3 is 2.31 bits per heavy atom. The van der Waals surface area contributed by atoms with E-state index in [0.717, 1.165) is 13.0 Å². The molecule has 0 heterocycles. The summed E-state index contributed by atoms with van der Waals surface area (Å²) in [5, 5.41) is 8.90. The molecule has 0 aliphatic carbocycles. The summed E-state index contributed by atoms with van der Waals surface area (Å²) in [5.74, 6) is -0.829. The zero-order valence-corrected chi connectivity index (χ0v) is 8.66. The van der Waals surface area contributed by atoms with Crippen molar-refractivity contribution in [2.75, 3.05) is 13.1 Å². The van der Waals surface area contributed by atoms with Gasteiger partial charge in [-0.25, -0.2) is 0 Å². The number of nitrogens with zero attached hydrogens (tertiary/aromatic N) is 1. The molecule has 0 amide bonds. The number of likely N-dealkylation sites (N-methyl/N-ethyl adjacent to an activating group) is 1. The van der Waals surface area contributed by atoms with E-state index in [1.165, 1.54) is 0 Å². The van der Waals surface area contributed by atoms with Crippen molar-refractivity contribution in [3.8, 4) is 0 Å². The number of carbonyl (C=O) groups is 1. The zero-order chi connectivity index (χ0) is 10.4. The minimum atomic E-state index is -0.829. The van der Waals surface area contributed by atoms with Gasteiger partial charge in [0.05, 0.1) is 0 Å². The summed E-state index contributed by atoms with van der Waals surface area (Å²) < 4.78 is 0. The summed E-state index contributed by atoms with van der Waals surface area (Å²) in [4.78, 5) is 12.7. The van der Waals surface area contributed by atoms with E-state index in [2.05, 4.69) is 0 Å². The van der Waals surface area contributed by atoms with Gasteiger partial charge in [-0.05, 0) is 19.9 Å². The predicted molar refractivity (Wildman–Crippen MR) is 52.6 cm³/mol. The number of carboxylic acids is 1. The van der Waals surface area contributed by atoms with Gasteiger partial charge in [0.1, 0.15) is 6.04 Å². The first kappa shape index (κ1) is 12.4. The quantitative estimate of drug-likeness (QED) is 0.637. The third kappa shape index (κ3) is 3.32. The third-order valence-electron chi connectivity index (χ3n) is 2.43. The Hall–Kier alpha value is -0.610. The standard InChI is InChI=1S/C9H20N2O2/c1-4-7(3)11(5-2)8(6-10)9(12)13/h7-8H,4-6,10H2,1-3H3,(H,12,13). The lowest BCUT2D eigenvalue weighted by atomic mass is 10.1. The van der Waals surface area contributed by atoms with Gasteiger partial charge in [-0.3, -0.25) is 9.69 Å². The maximum atomic E-state index is 10.8. The smallest absolute Gasteiger partial charge is 0.322 e. The largest absolute Gasteiger partial charge is 0.480 e. The Morgan fingerprint density at radius 1 is 1.54 bits per heavy atom. The number of hydrogen-bond donors (Lipinski definition) is 2. The lowest BCUT2D eigenvalue weighted by Crippen LogP contribution is -2.49. The highest BCUT2D eigenvalue weighted by Gasteiger charge is 2.25. The molecule has 78 valence electrons. The summed E-state index contributed by atoms with van der Waals surface area (Å²) in [5.41, 5.74) is 5.42. The van der Waals surface area contributed by atoms with E-state index >= 15 is 0 Å². The minimum Gasteiger partial charge on any atom is -0.480 e. The SMILES string of the molecule is CCC(C)N(CC)C(CN)C(=O)O. The van der Waals surface area contributed by atoms with Gasteiger partial charge < -0.3 is 10.8 Å². The second kappa shape index (κ2) is 5.94. The predicted octanol–water partition coefficient (Wildman–Crippen LogP) is 0.519. The fraction of sp³-hybridized carbons (Fsp3) is 0.889. The summed E-state index contributed by atoms with van der Waals surface area (Å²) in [7, 11) is 0. The average Bonchev–Trinajstić information content (AvgIpc) is 2.12. The van der Waals surface area contributed by atoms with Gasteiger partial charge >= 0.3 is 5.97 Å². The van der Waals surface area contributed by atoms with Crippen LogP contribution in [0, 0.1) is 0 Å². The highest BCUT2D eigenvalue weighted by molar-refractivity contribution is 5.73. The van der Waals surface area contributed by atoms with Crippen LogP contribution in [0.4, 0.5) is 0 Å². The number of nitrogens with two attached hydrogens (primary N) is 1. The maximum absolute atomic E-state index is 10.8. The molecule has 0 rings (SSSR count). The topological polar surface area (TPSA) is 66.6 Å². The molecule has 3 N–H and O–H groups in total. The van der Waals surface area contributed by atoms with Gasteiger partial charge in [0.2, 0.25) is 0 Å². The van der Waals surface area contributed by atoms with Crippen LogP contribution < -0.4 is 5.73 Å². The summed E-state index contributed by atoms with van der Waals surface area (Å²) in [6.07, 6.45) is 0.942. The number of aliphatic carboxylic acids is 1. The molecule has 13 heavy (non-hydrogen) atoms. The van der Waals surface area contributed by atoms with Crippen molar-refractivity contribution in [2.45, 2.75) is 39.3 Å². The van der Waals surface area contributed by atoms with Gasteiger partial charge in [0.15, 0.2) is 0 Å². The first-order valence-corrected chi connectivity index (χ1v) is 4.77.